The first-order valence-corrected chi connectivity index (χ1v) is 2.79. The molecule has 1 aliphatic heterocycles. The molecule has 6 heteroatoms. The first-order chi connectivity index (χ1) is 4.88. The Balaban J connectivity index is 3.02. The van der Waals surface area contributed by atoms with E-state index in [1.165, 1.54) is 0 Å². The second-order valence-corrected chi connectivity index (χ2v) is 1.86. The van der Waals surface area contributed by atoms with E-state index < -0.39 is 0 Å². The summed E-state index contributed by atoms with van der Waals surface area (Å²) >= 11 is 0. The number of H-pyrrole nitrogens is 2. The summed E-state index contributed by atoms with van der Waals surface area (Å²) in [6, 6.07) is 0. The molecule has 52 valence electrons. The molecule has 10 heavy (non-hydrogen) atoms. The molecule has 1 aromatic rings. The van der Waals surface area contributed by atoms with Crippen molar-refractivity contribution in [3.63, 3.8) is 0 Å². The fourth-order valence-electron chi connectivity index (χ4n) is 0.789. The van der Waals surface area contributed by atoms with Gasteiger partial charge in [-0.3, -0.25) is 20.4 Å². The molecule has 0 saturated heterocycles. The Morgan fingerprint density at radius 3 is 3.10 bits per heavy atom. The van der Waals surface area contributed by atoms with Crippen LogP contribution in [0.1, 0.15) is 0 Å². The van der Waals surface area contributed by atoms with Gasteiger partial charge in [-0.2, -0.15) is 5.10 Å². The van der Waals surface area contributed by atoms with Crippen molar-refractivity contribution in [3.05, 3.63) is 21.2 Å². The summed E-state index contributed by atoms with van der Waals surface area (Å²) in [5, 5.41) is 9.02. The number of aromatic amines is 2. The zero-order chi connectivity index (χ0) is 6.97. The molecule has 0 spiro atoms. The third-order valence-corrected chi connectivity index (χ3v) is 1.23. The third-order valence-electron chi connectivity index (χ3n) is 1.23. The summed E-state index contributed by atoms with van der Waals surface area (Å²) < 4.78 is 0. The Hall–Kier alpha value is -1.59. The Labute approximate surface area is 54.7 Å². The van der Waals surface area contributed by atoms with Crippen molar-refractivity contribution in [2.75, 3.05) is 6.67 Å². The average Bonchev–Trinajstić information content (AvgIpc) is 2.34. The maximum absolute atomic E-state index is 10.8. The molecule has 0 unspecified atom stereocenters. The summed E-state index contributed by atoms with van der Waals surface area (Å²) in [6.45, 7) is 0.417. The monoisotopic (exact) mass is 139 g/mol. The van der Waals surface area contributed by atoms with Gasteiger partial charge in [0, 0.05) is 0 Å². The van der Waals surface area contributed by atoms with Gasteiger partial charge in [0.1, 0.15) is 6.67 Å². The molecular weight excluding hydrogens is 134 g/mol. The van der Waals surface area contributed by atoms with Crippen molar-refractivity contribution in [1.82, 2.24) is 15.6 Å². The van der Waals surface area contributed by atoms with Gasteiger partial charge >= 0.3 is 0 Å². The zero-order valence-corrected chi connectivity index (χ0v) is 5.01. The van der Waals surface area contributed by atoms with Crippen LogP contribution in [0.4, 0.5) is 0 Å². The van der Waals surface area contributed by atoms with Gasteiger partial charge in [0.2, 0.25) is 0 Å². The number of hydrogen-bond acceptors (Lipinski definition) is 4. The number of nitrogens with zero attached hydrogens (tertiary/aromatic N) is 2. The predicted molar refractivity (Wildman–Crippen MR) is 31.7 cm³/mol. The standard InChI is InChI=1S/C4H5N5O/c10-4-2-3(8-9-4)5-1-6-7-2/h6H,1H2,(H,5,8)(H,9,10). The summed E-state index contributed by atoms with van der Waals surface area (Å²) in [5.74, 6) is 0. The maximum Gasteiger partial charge on any atom is 0.293 e. The lowest BCUT2D eigenvalue weighted by Crippen LogP contribution is -2.40. The van der Waals surface area contributed by atoms with Crippen LogP contribution in [0.25, 0.3) is 0 Å². The molecule has 0 saturated carbocycles. The van der Waals surface area contributed by atoms with E-state index in [2.05, 4.69) is 25.7 Å². The van der Waals surface area contributed by atoms with Crippen molar-refractivity contribution < 1.29 is 0 Å². The van der Waals surface area contributed by atoms with Gasteiger partial charge in [-0.1, -0.05) is 0 Å². The highest BCUT2D eigenvalue weighted by Crippen LogP contribution is 1.61. The van der Waals surface area contributed by atoms with Crippen LogP contribution in [0.3, 0.4) is 0 Å². The van der Waals surface area contributed by atoms with Gasteiger partial charge in [-0.05, 0) is 0 Å². The Morgan fingerprint density at radius 2 is 2.30 bits per heavy atom. The molecule has 0 radical (unpaired) electrons. The first-order valence-electron chi connectivity index (χ1n) is 2.79. The van der Waals surface area contributed by atoms with Crippen LogP contribution in [-0.2, 0) is 0 Å². The molecule has 2 rings (SSSR count). The van der Waals surface area contributed by atoms with Crippen molar-refractivity contribution in [3.8, 4) is 0 Å². The summed E-state index contributed by atoms with van der Waals surface area (Å²) in [6.07, 6.45) is 0. The van der Waals surface area contributed by atoms with E-state index in [1.54, 1.807) is 0 Å². The van der Waals surface area contributed by atoms with Crippen LogP contribution in [0, 0.1) is 0 Å². The molecule has 0 fully saturated rings. The van der Waals surface area contributed by atoms with E-state index >= 15 is 0 Å². The topological polar surface area (TPSA) is 85.4 Å². The maximum atomic E-state index is 10.8. The smallest absolute Gasteiger partial charge is 0.288 e. The largest absolute Gasteiger partial charge is 0.293 e. The number of aromatic nitrogens is 2. The molecule has 0 atom stereocenters. The number of nitrogens with one attached hydrogen (secondary N) is 3. The number of rotatable bonds is 0. The minimum atomic E-state index is -0.244. The van der Waals surface area contributed by atoms with Crippen LogP contribution in [0.5, 0.6) is 0 Å². The average molecular weight is 139 g/mol. The fraction of sp³-hybridized carbons (Fsp3) is 0.250. The lowest BCUT2D eigenvalue weighted by molar-refractivity contribution is 0.684. The van der Waals surface area contributed by atoms with Crippen LogP contribution in [0.2, 0.25) is 0 Å². The minimum Gasteiger partial charge on any atom is -0.288 e. The molecule has 1 aliphatic rings. The van der Waals surface area contributed by atoms with Gasteiger partial charge in [0.15, 0.2) is 10.8 Å². The molecule has 0 aliphatic carbocycles. The van der Waals surface area contributed by atoms with E-state index in [-0.39, 0.29) is 5.56 Å². The third kappa shape index (κ3) is 0.554. The Morgan fingerprint density at radius 1 is 1.40 bits per heavy atom. The van der Waals surface area contributed by atoms with Crippen LogP contribution in [-0.4, -0.2) is 16.9 Å². The van der Waals surface area contributed by atoms with E-state index in [0.29, 0.717) is 17.5 Å². The molecular formula is C4H5N5O. The lowest BCUT2D eigenvalue weighted by Gasteiger charge is -1.94. The van der Waals surface area contributed by atoms with E-state index in [1.807, 2.05) is 0 Å². The molecule has 0 amide bonds. The van der Waals surface area contributed by atoms with Crippen LogP contribution in [0.15, 0.2) is 14.9 Å². The molecule has 0 aromatic carbocycles. The summed E-state index contributed by atoms with van der Waals surface area (Å²) in [4.78, 5) is 14.7. The number of fused-ring (bicyclic) bond motifs is 1. The molecule has 1 aromatic heterocycles. The quantitative estimate of drug-likeness (QED) is 0.368. The van der Waals surface area contributed by atoms with E-state index in [4.69, 9.17) is 0 Å². The highest BCUT2D eigenvalue weighted by Gasteiger charge is 1.98. The second kappa shape index (κ2) is 1.69. The normalized spacial score (nSPS) is 14.4. The molecule has 0 bridgehead atoms. The van der Waals surface area contributed by atoms with Crippen molar-refractivity contribution in [1.29, 1.82) is 0 Å². The van der Waals surface area contributed by atoms with E-state index in [9.17, 15) is 4.79 Å². The second-order valence-electron chi connectivity index (χ2n) is 1.86. The highest BCUT2D eigenvalue weighted by atomic mass is 16.1. The predicted octanol–water partition coefficient (Wildman–Crippen LogP) is -2.58. The van der Waals surface area contributed by atoms with Crippen molar-refractivity contribution in [2.24, 2.45) is 10.1 Å². The lowest BCUT2D eigenvalue weighted by atomic mass is 10.6. The summed E-state index contributed by atoms with van der Waals surface area (Å²) in [7, 11) is 0. The highest BCUT2D eigenvalue weighted by molar-refractivity contribution is 4.80. The van der Waals surface area contributed by atoms with Gasteiger partial charge < -0.3 is 0 Å². The number of hydrogen-bond donors (Lipinski definition) is 3. The SMILES string of the molecule is O=c1[nH][nH]c2c1=NNCN=2. The van der Waals surface area contributed by atoms with Gasteiger partial charge in [-0.15, -0.1) is 0 Å². The molecule has 6 nitrogen and oxygen atoms in total. The van der Waals surface area contributed by atoms with Gasteiger partial charge in [0.05, 0.1) is 0 Å². The molecule has 2 heterocycles. The molecule has 3 N–H and O–H groups in total. The van der Waals surface area contributed by atoms with Crippen molar-refractivity contribution >= 4 is 0 Å². The fourth-order valence-corrected chi connectivity index (χ4v) is 0.789. The zero-order valence-electron chi connectivity index (χ0n) is 5.01. The minimum absolute atomic E-state index is 0.244. The van der Waals surface area contributed by atoms with Crippen LogP contribution >= 0.6 is 0 Å². The summed E-state index contributed by atoms with van der Waals surface area (Å²) in [5.41, 5.74) is 2.86. The first kappa shape index (κ1) is 5.21. The Kier molecular flexibility index (Phi) is 0.883. The Bertz CT molecular complexity index is 398. The van der Waals surface area contributed by atoms with Crippen LogP contribution < -0.4 is 21.8 Å². The van der Waals surface area contributed by atoms with E-state index in [0.717, 1.165) is 0 Å². The van der Waals surface area contributed by atoms with Gasteiger partial charge in [0.25, 0.3) is 5.56 Å². The van der Waals surface area contributed by atoms with Gasteiger partial charge in [-0.25, -0.2) is 4.99 Å². The van der Waals surface area contributed by atoms with Crippen molar-refractivity contribution in [2.45, 2.75) is 0 Å².